The Labute approximate surface area is 107 Å². The highest BCUT2D eigenvalue weighted by Crippen LogP contribution is 2.28. The zero-order valence-electron chi connectivity index (χ0n) is 11.0. The molecule has 96 valence electrons. The Kier molecular flexibility index (Phi) is 3.99. The lowest BCUT2D eigenvalue weighted by Crippen LogP contribution is -2.12. The SMILES string of the molecule is CCNCc1ncoc1-c1ccc(C)c(OC)c1. The summed E-state index contributed by atoms with van der Waals surface area (Å²) in [6.45, 7) is 5.69. The molecule has 4 heteroatoms. The number of aryl methyl sites for hydroxylation is 1. The molecule has 0 spiro atoms. The second kappa shape index (κ2) is 5.69. The topological polar surface area (TPSA) is 47.3 Å². The van der Waals surface area contributed by atoms with Crippen molar-refractivity contribution in [3.05, 3.63) is 35.9 Å². The highest BCUT2D eigenvalue weighted by molar-refractivity contribution is 5.63. The van der Waals surface area contributed by atoms with E-state index in [9.17, 15) is 0 Å². The van der Waals surface area contributed by atoms with E-state index in [1.165, 1.54) is 6.39 Å². The average molecular weight is 246 g/mol. The number of hydrogen-bond acceptors (Lipinski definition) is 4. The summed E-state index contributed by atoms with van der Waals surface area (Å²) in [4.78, 5) is 4.24. The van der Waals surface area contributed by atoms with Crippen molar-refractivity contribution in [3.63, 3.8) is 0 Å². The number of rotatable bonds is 5. The van der Waals surface area contributed by atoms with Crippen LogP contribution in [-0.2, 0) is 6.54 Å². The summed E-state index contributed by atoms with van der Waals surface area (Å²) in [5.41, 5.74) is 3.01. The van der Waals surface area contributed by atoms with Gasteiger partial charge in [0.1, 0.15) is 11.4 Å². The Morgan fingerprint density at radius 1 is 1.39 bits per heavy atom. The van der Waals surface area contributed by atoms with Gasteiger partial charge in [-0.2, -0.15) is 0 Å². The molecule has 0 amide bonds. The number of oxazole rings is 1. The van der Waals surface area contributed by atoms with Gasteiger partial charge in [-0.05, 0) is 25.1 Å². The molecule has 1 heterocycles. The fourth-order valence-corrected chi connectivity index (χ4v) is 1.83. The van der Waals surface area contributed by atoms with Gasteiger partial charge in [0.05, 0.1) is 7.11 Å². The van der Waals surface area contributed by atoms with E-state index >= 15 is 0 Å². The molecule has 2 aromatic rings. The zero-order chi connectivity index (χ0) is 13.0. The van der Waals surface area contributed by atoms with Crippen LogP contribution in [0.4, 0.5) is 0 Å². The second-order valence-electron chi connectivity index (χ2n) is 4.09. The van der Waals surface area contributed by atoms with Gasteiger partial charge in [-0.25, -0.2) is 4.98 Å². The molecule has 18 heavy (non-hydrogen) atoms. The molecule has 2 rings (SSSR count). The van der Waals surface area contributed by atoms with Crippen LogP contribution in [0.1, 0.15) is 18.2 Å². The van der Waals surface area contributed by atoms with Crippen molar-refractivity contribution >= 4 is 0 Å². The molecule has 0 aliphatic heterocycles. The van der Waals surface area contributed by atoms with E-state index in [2.05, 4.69) is 17.2 Å². The smallest absolute Gasteiger partial charge is 0.181 e. The molecule has 0 atom stereocenters. The van der Waals surface area contributed by atoms with Crippen molar-refractivity contribution in [2.75, 3.05) is 13.7 Å². The lowest BCUT2D eigenvalue weighted by Gasteiger charge is -2.07. The molecular weight excluding hydrogens is 228 g/mol. The molecule has 4 nitrogen and oxygen atoms in total. The van der Waals surface area contributed by atoms with Gasteiger partial charge in [0.25, 0.3) is 0 Å². The van der Waals surface area contributed by atoms with Crippen molar-refractivity contribution in [2.24, 2.45) is 0 Å². The summed E-state index contributed by atoms with van der Waals surface area (Å²) in [6, 6.07) is 6.02. The number of nitrogens with one attached hydrogen (secondary N) is 1. The molecule has 0 saturated heterocycles. The Balaban J connectivity index is 2.33. The van der Waals surface area contributed by atoms with Crippen molar-refractivity contribution < 1.29 is 9.15 Å². The number of hydrogen-bond donors (Lipinski definition) is 1. The van der Waals surface area contributed by atoms with Crippen LogP contribution in [0, 0.1) is 6.92 Å². The first-order chi connectivity index (χ1) is 8.76. The molecule has 0 fully saturated rings. The fourth-order valence-electron chi connectivity index (χ4n) is 1.83. The van der Waals surface area contributed by atoms with Crippen molar-refractivity contribution in [2.45, 2.75) is 20.4 Å². The second-order valence-corrected chi connectivity index (χ2v) is 4.09. The monoisotopic (exact) mass is 246 g/mol. The minimum atomic E-state index is 0.707. The molecule has 0 aliphatic carbocycles. The van der Waals surface area contributed by atoms with Gasteiger partial charge in [0, 0.05) is 12.1 Å². The summed E-state index contributed by atoms with van der Waals surface area (Å²) >= 11 is 0. The molecule has 0 radical (unpaired) electrons. The van der Waals surface area contributed by atoms with Crippen LogP contribution in [0.3, 0.4) is 0 Å². The third-order valence-electron chi connectivity index (χ3n) is 2.85. The number of ether oxygens (including phenoxy) is 1. The molecule has 0 unspecified atom stereocenters. The maximum atomic E-state index is 5.48. The van der Waals surface area contributed by atoms with E-state index in [1.54, 1.807) is 7.11 Å². The molecule has 1 aromatic heterocycles. The van der Waals surface area contributed by atoms with Crippen molar-refractivity contribution in [1.29, 1.82) is 0 Å². The van der Waals surface area contributed by atoms with Crippen LogP contribution >= 0.6 is 0 Å². The Hall–Kier alpha value is -1.81. The van der Waals surface area contributed by atoms with E-state index in [0.717, 1.165) is 34.9 Å². The van der Waals surface area contributed by atoms with Gasteiger partial charge in [-0.1, -0.05) is 19.1 Å². The maximum Gasteiger partial charge on any atom is 0.181 e. The molecule has 0 bridgehead atoms. The van der Waals surface area contributed by atoms with Gasteiger partial charge in [-0.3, -0.25) is 0 Å². The lowest BCUT2D eigenvalue weighted by atomic mass is 10.1. The highest BCUT2D eigenvalue weighted by atomic mass is 16.5. The first-order valence-corrected chi connectivity index (χ1v) is 6.04. The summed E-state index contributed by atoms with van der Waals surface area (Å²) < 4.78 is 10.8. The minimum absolute atomic E-state index is 0.707. The molecular formula is C14H18N2O2. The Morgan fingerprint density at radius 3 is 2.94 bits per heavy atom. The predicted octanol–water partition coefficient (Wildman–Crippen LogP) is 2.77. The van der Waals surface area contributed by atoms with Crippen LogP contribution in [-0.4, -0.2) is 18.6 Å². The van der Waals surface area contributed by atoms with Gasteiger partial charge < -0.3 is 14.5 Å². The molecule has 0 aliphatic rings. The summed E-state index contributed by atoms with van der Waals surface area (Å²) in [5, 5.41) is 3.25. The van der Waals surface area contributed by atoms with E-state index < -0.39 is 0 Å². The van der Waals surface area contributed by atoms with E-state index in [0.29, 0.717) is 6.54 Å². The first kappa shape index (κ1) is 12.6. The quantitative estimate of drug-likeness (QED) is 0.881. The predicted molar refractivity (Wildman–Crippen MR) is 70.6 cm³/mol. The van der Waals surface area contributed by atoms with E-state index in [-0.39, 0.29) is 0 Å². The van der Waals surface area contributed by atoms with Gasteiger partial charge in [-0.15, -0.1) is 0 Å². The van der Waals surface area contributed by atoms with Crippen LogP contribution in [0.15, 0.2) is 29.0 Å². The van der Waals surface area contributed by atoms with Crippen LogP contribution in [0.25, 0.3) is 11.3 Å². The van der Waals surface area contributed by atoms with Gasteiger partial charge >= 0.3 is 0 Å². The normalized spacial score (nSPS) is 10.6. The van der Waals surface area contributed by atoms with Crippen molar-refractivity contribution in [3.8, 4) is 17.1 Å². The lowest BCUT2D eigenvalue weighted by molar-refractivity contribution is 0.411. The minimum Gasteiger partial charge on any atom is -0.496 e. The number of nitrogens with zero attached hydrogens (tertiary/aromatic N) is 1. The standard InChI is InChI=1S/C14H18N2O2/c1-4-15-8-12-14(18-9-16-12)11-6-5-10(2)13(7-11)17-3/h5-7,9,15H,4,8H2,1-3H3. The third-order valence-corrected chi connectivity index (χ3v) is 2.85. The van der Waals surface area contributed by atoms with Gasteiger partial charge in [0.2, 0.25) is 0 Å². The number of benzene rings is 1. The fraction of sp³-hybridized carbons (Fsp3) is 0.357. The number of aromatic nitrogens is 1. The summed E-state index contributed by atoms with van der Waals surface area (Å²) in [7, 11) is 1.67. The average Bonchev–Trinajstić information content (AvgIpc) is 2.85. The van der Waals surface area contributed by atoms with E-state index in [1.807, 2.05) is 25.1 Å². The molecule has 1 aromatic carbocycles. The zero-order valence-corrected chi connectivity index (χ0v) is 11.0. The van der Waals surface area contributed by atoms with E-state index in [4.69, 9.17) is 9.15 Å². The van der Waals surface area contributed by atoms with Crippen molar-refractivity contribution in [1.82, 2.24) is 10.3 Å². The first-order valence-electron chi connectivity index (χ1n) is 6.04. The molecule has 0 saturated carbocycles. The largest absolute Gasteiger partial charge is 0.496 e. The molecule has 1 N–H and O–H groups in total. The Morgan fingerprint density at radius 2 is 2.22 bits per heavy atom. The Bertz CT molecular complexity index is 520. The summed E-state index contributed by atoms with van der Waals surface area (Å²) in [6.07, 6.45) is 1.48. The number of methoxy groups -OCH3 is 1. The highest BCUT2D eigenvalue weighted by Gasteiger charge is 2.11. The summed E-state index contributed by atoms with van der Waals surface area (Å²) in [5.74, 6) is 1.66. The van der Waals surface area contributed by atoms with Crippen LogP contribution in [0.5, 0.6) is 5.75 Å². The van der Waals surface area contributed by atoms with Crippen LogP contribution in [0.2, 0.25) is 0 Å². The third kappa shape index (κ3) is 2.54. The maximum absolute atomic E-state index is 5.48. The van der Waals surface area contributed by atoms with Gasteiger partial charge in [0.15, 0.2) is 12.2 Å². The van der Waals surface area contributed by atoms with Crippen LogP contribution < -0.4 is 10.1 Å².